The maximum absolute atomic E-state index is 5.45. The van der Waals surface area contributed by atoms with Gasteiger partial charge in [-0.1, -0.05) is 6.92 Å². The Morgan fingerprint density at radius 1 is 1.20 bits per heavy atom. The summed E-state index contributed by atoms with van der Waals surface area (Å²) in [6.45, 7) is 4.52. The summed E-state index contributed by atoms with van der Waals surface area (Å²) in [5.74, 6) is 2.96. The summed E-state index contributed by atoms with van der Waals surface area (Å²) in [6, 6.07) is 5.73. The molecule has 25 heavy (non-hydrogen) atoms. The smallest absolute Gasteiger partial charge is 0.198 e. The van der Waals surface area contributed by atoms with Crippen molar-refractivity contribution in [3.8, 4) is 11.5 Å². The van der Waals surface area contributed by atoms with Crippen LogP contribution < -0.4 is 14.8 Å². The molecule has 0 saturated heterocycles. The van der Waals surface area contributed by atoms with Crippen LogP contribution in [0.25, 0.3) is 5.65 Å². The van der Waals surface area contributed by atoms with Crippen LogP contribution in [0.3, 0.4) is 0 Å². The number of halogens is 1. The number of rotatable bonds is 6. The number of nitrogens with one attached hydrogen (secondary N) is 1. The summed E-state index contributed by atoms with van der Waals surface area (Å²) in [6.07, 6.45) is 0.768. The van der Waals surface area contributed by atoms with Crippen molar-refractivity contribution in [1.82, 2.24) is 19.6 Å². The molecule has 3 aromatic rings. The molecule has 0 aliphatic heterocycles. The van der Waals surface area contributed by atoms with Crippen molar-refractivity contribution in [2.24, 2.45) is 0 Å². The highest BCUT2D eigenvalue weighted by Gasteiger charge is 2.14. The number of anilines is 1. The summed E-state index contributed by atoms with van der Waals surface area (Å²) in [4.78, 5) is 9.14. The van der Waals surface area contributed by atoms with Crippen molar-refractivity contribution in [3.05, 3.63) is 39.9 Å². The van der Waals surface area contributed by atoms with Gasteiger partial charge in [0, 0.05) is 24.6 Å². The lowest BCUT2D eigenvalue weighted by Crippen LogP contribution is -2.08. The van der Waals surface area contributed by atoms with Crippen molar-refractivity contribution >= 4 is 27.4 Å². The number of benzene rings is 1. The summed E-state index contributed by atoms with van der Waals surface area (Å²) in [5.41, 5.74) is 2.62. The molecule has 0 aliphatic rings. The molecule has 0 amide bonds. The van der Waals surface area contributed by atoms with E-state index in [0.717, 1.165) is 39.6 Å². The maximum atomic E-state index is 5.45. The predicted molar refractivity (Wildman–Crippen MR) is 99.5 cm³/mol. The van der Waals surface area contributed by atoms with E-state index in [1.54, 1.807) is 14.2 Å². The Balaban J connectivity index is 1.93. The fourth-order valence-electron chi connectivity index (χ4n) is 2.50. The van der Waals surface area contributed by atoms with E-state index in [4.69, 9.17) is 9.47 Å². The number of hydrogen-bond donors (Lipinski definition) is 1. The van der Waals surface area contributed by atoms with E-state index in [-0.39, 0.29) is 0 Å². The molecule has 3 rings (SSSR count). The molecule has 0 bridgehead atoms. The van der Waals surface area contributed by atoms with E-state index in [9.17, 15) is 0 Å². The lowest BCUT2D eigenvalue weighted by atomic mass is 10.2. The Labute approximate surface area is 154 Å². The minimum atomic E-state index is 0.541. The maximum Gasteiger partial charge on any atom is 0.198 e. The molecule has 8 heteroatoms. The van der Waals surface area contributed by atoms with Gasteiger partial charge in [0.2, 0.25) is 0 Å². The van der Waals surface area contributed by atoms with Crippen molar-refractivity contribution in [3.63, 3.8) is 0 Å². The Hall–Kier alpha value is -2.35. The van der Waals surface area contributed by atoms with Gasteiger partial charge < -0.3 is 14.8 Å². The summed E-state index contributed by atoms with van der Waals surface area (Å²) in [5, 5.41) is 7.85. The van der Waals surface area contributed by atoms with Gasteiger partial charge >= 0.3 is 0 Å². The van der Waals surface area contributed by atoms with Gasteiger partial charge in [-0.05, 0) is 35.0 Å². The van der Waals surface area contributed by atoms with Gasteiger partial charge in [0.25, 0.3) is 0 Å². The second kappa shape index (κ2) is 7.26. The Bertz CT molecular complexity index is 910. The number of ether oxygens (including phenoxy) is 2. The fourth-order valence-corrected chi connectivity index (χ4v) is 2.85. The standard InChI is InChI=1S/C17H20BrN5O2/c1-5-14-20-17-16(21-15(18)10(2)23(17)22-14)19-9-11-6-7-12(24-3)8-13(11)25-4/h6-8H,5,9H2,1-4H3,(H,19,21). The lowest BCUT2D eigenvalue weighted by molar-refractivity contribution is 0.391. The van der Waals surface area contributed by atoms with E-state index in [1.807, 2.05) is 36.6 Å². The van der Waals surface area contributed by atoms with E-state index >= 15 is 0 Å². The first-order valence-corrected chi connectivity index (χ1v) is 8.73. The van der Waals surface area contributed by atoms with Gasteiger partial charge in [0.1, 0.15) is 16.1 Å². The predicted octanol–water partition coefficient (Wildman–Crippen LogP) is 3.39. The molecule has 0 spiro atoms. The molecule has 7 nitrogen and oxygen atoms in total. The first kappa shape index (κ1) is 17.5. The van der Waals surface area contributed by atoms with Crippen LogP contribution in [-0.2, 0) is 13.0 Å². The number of hydrogen-bond acceptors (Lipinski definition) is 6. The van der Waals surface area contributed by atoms with Crippen LogP contribution in [0.1, 0.15) is 24.0 Å². The van der Waals surface area contributed by atoms with Crippen LogP contribution >= 0.6 is 15.9 Å². The monoisotopic (exact) mass is 405 g/mol. The zero-order valence-corrected chi connectivity index (χ0v) is 16.2. The van der Waals surface area contributed by atoms with E-state index in [1.165, 1.54) is 0 Å². The summed E-state index contributed by atoms with van der Waals surface area (Å²) < 4.78 is 13.2. The topological polar surface area (TPSA) is 73.6 Å². The van der Waals surface area contributed by atoms with Gasteiger partial charge in [-0.15, -0.1) is 0 Å². The van der Waals surface area contributed by atoms with Crippen molar-refractivity contribution in [1.29, 1.82) is 0 Å². The minimum absolute atomic E-state index is 0.541. The number of aryl methyl sites for hydroxylation is 2. The molecule has 1 N–H and O–H groups in total. The quantitative estimate of drug-likeness (QED) is 0.677. The molecule has 0 radical (unpaired) electrons. The van der Waals surface area contributed by atoms with Crippen LogP contribution in [0.4, 0.5) is 5.82 Å². The summed E-state index contributed by atoms with van der Waals surface area (Å²) >= 11 is 3.49. The molecule has 0 atom stereocenters. The molecule has 0 fully saturated rings. The Morgan fingerprint density at radius 2 is 2.00 bits per heavy atom. The third-order valence-electron chi connectivity index (χ3n) is 3.95. The highest BCUT2D eigenvalue weighted by atomic mass is 79.9. The third-order valence-corrected chi connectivity index (χ3v) is 4.70. The SMILES string of the molecule is CCc1nc2c(NCc3ccc(OC)cc3OC)nc(Br)c(C)n2n1. The lowest BCUT2D eigenvalue weighted by Gasteiger charge is -2.12. The second-order valence-electron chi connectivity index (χ2n) is 5.48. The van der Waals surface area contributed by atoms with Crippen LogP contribution in [0.5, 0.6) is 11.5 Å². The highest BCUT2D eigenvalue weighted by molar-refractivity contribution is 9.10. The van der Waals surface area contributed by atoms with E-state index in [2.05, 4.69) is 36.3 Å². The Morgan fingerprint density at radius 3 is 2.68 bits per heavy atom. The van der Waals surface area contributed by atoms with E-state index in [0.29, 0.717) is 18.0 Å². The molecule has 132 valence electrons. The van der Waals surface area contributed by atoms with Gasteiger partial charge in [-0.2, -0.15) is 5.10 Å². The van der Waals surface area contributed by atoms with Crippen molar-refractivity contribution in [2.75, 3.05) is 19.5 Å². The van der Waals surface area contributed by atoms with E-state index < -0.39 is 0 Å². The third kappa shape index (κ3) is 3.39. The summed E-state index contributed by atoms with van der Waals surface area (Å²) in [7, 11) is 3.27. The van der Waals surface area contributed by atoms with Crippen LogP contribution in [0.2, 0.25) is 0 Å². The highest BCUT2D eigenvalue weighted by Crippen LogP contribution is 2.26. The largest absolute Gasteiger partial charge is 0.497 e. The molecule has 2 aromatic heterocycles. The average Bonchev–Trinajstić information content (AvgIpc) is 3.08. The zero-order chi connectivity index (χ0) is 18.0. The van der Waals surface area contributed by atoms with Gasteiger partial charge in [-0.3, -0.25) is 0 Å². The normalized spacial score (nSPS) is 10.9. The molecule has 0 saturated carbocycles. The molecule has 1 aromatic carbocycles. The fraction of sp³-hybridized carbons (Fsp3) is 0.353. The van der Waals surface area contributed by atoms with Gasteiger partial charge in [0.05, 0.1) is 19.9 Å². The molecule has 0 unspecified atom stereocenters. The number of methoxy groups -OCH3 is 2. The molecule has 2 heterocycles. The van der Waals surface area contributed by atoms with Crippen LogP contribution in [0.15, 0.2) is 22.8 Å². The molecule has 0 aliphatic carbocycles. The molecular weight excluding hydrogens is 386 g/mol. The first-order chi connectivity index (χ1) is 12.1. The number of nitrogens with zero attached hydrogens (tertiary/aromatic N) is 4. The minimum Gasteiger partial charge on any atom is -0.497 e. The van der Waals surface area contributed by atoms with Gasteiger partial charge in [0.15, 0.2) is 17.3 Å². The van der Waals surface area contributed by atoms with Crippen molar-refractivity contribution < 1.29 is 9.47 Å². The van der Waals surface area contributed by atoms with Crippen LogP contribution in [-0.4, -0.2) is 33.8 Å². The first-order valence-electron chi connectivity index (χ1n) is 7.93. The zero-order valence-electron chi connectivity index (χ0n) is 14.6. The molecular formula is C17H20BrN5O2. The number of fused-ring (bicyclic) bond motifs is 1. The number of aromatic nitrogens is 4. The average molecular weight is 406 g/mol. The van der Waals surface area contributed by atoms with Crippen LogP contribution in [0, 0.1) is 6.92 Å². The second-order valence-corrected chi connectivity index (χ2v) is 6.24. The van der Waals surface area contributed by atoms with Gasteiger partial charge in [-0.25, -0.2) is 14.5 Å². The van der Waals surface area contributed by atoms with Crippen molar-refractivity contribution in [2.45, 2.75) is 26.8 Å². The Kier molecular flexibility index (Phi) is 5.08.